The quantitative estimate of drug-likeness (QED) is 0.0745. The van der Waals surface area contributed by atoms with Crippen molar-refractivity contribution in [3.63, 3.8) is 0 Å². The summed E-state index contributed by atoms with van der Waals surface area (Å²) in [7, 11) is 0. The van der Waals surface area contributed by atoms with Crippen LogP contribution in [0.5, 0.6) is 0 Å². The monoisotopic (exact) mass is 508 g/mol. The van der Waals surface area contributed by atoms with Crippen LogP contribution < -0.4 is 0 Å². The van der Waals surface area contributed by atoms with Gasteiger partial charge in [-0.1, -0.05) is 149 Å². The molecule has 0 aromatic carbocycles. The fourth-order valence-corrected chi connectivity index (χ4v) is 5.08. The van der Waals surface area contributed by atoms with Crippen molar-refractivity contribution in [1.82, 2.24) is 0 Å². The van der Waals surface area contributed by atoms with Gasteiger partial charge in [0.15, 0.2) is 0 Å². The average molecular weight is 509 g/mol. The minimum Gasteiger partial charge on any atom is -0.466 e. The molecule has 0 fully saturated rings. The summed E-state index contributed by atoms with van der Waals surface area (Å²) in [4.78, 5) is 24.9. The van der Waals surface area contributed by atoms with Gasteiger partial charge in [0.1, 0.15) is 5.78 Å². The number of unbranched alkanes of at least 4 members (excludes halogenated alkanes) is 18. The second-order valence-electron chi connectivity index (χ2n) is 11.3. The van der Waals surface area contributed by atoms with Crippen LogP contribution in [-0.2, 0) is 14.3 Å². The molecule has 214 valence electrons. The number of hydrogen-bond acceptors (Lipinski definition) is 3. The molecule has 0 aliphatic rings. The highest BCUT2D eigenvalue weighted by Gasteiger charge is 2.16. The summed E-state index contributed by atoms with van der Waals surface area (Å²) in [5, 5.41) is 0. The van der Waals surface area contributed by atoms with Crippen LogP contribution in [0.25, 0.3) is 0 Å². The predicted octanol–water partition coefficient (Wildman–Crippen LogP) is 10.9. The van der Waals surface area contributed by atoms with Crippen molar-refractivity contribution in [3.05, 3.63) is 0 Å². The smallest absolute Gasteiger partial charge is 0.305 e. The summed E-state index contributed by atoms with van der Waals surface area (Å²) in [6.07, 6.45) is 30.3. The number of carbonyl (C=O) groups is 2. The molecule has 0 aliphatic carbocycles. The average Bonchev–Trinajstić information content (AvgIpc) is 2.87. The number of ketones is 1. The second kappa shape index (κ2) is 28.7. The SMILES string of the molecule is CCCCCCCCCCCCOC(=O)CCC(CCCCCCCC)CC(=O)CCCCCCC. The molecule has 0 spiro atoms. The molecule has 1 atom stereocenters. The molecule has 3 heteroatoms. The standard InChI is InChI=1S/C33H64O3/c1-4-7-10-13-15-16-17-18-21-24-29-36-33(35)28-27-31(25-22-20-14-11-8-5-2)30-32(34)26-23-19-12-9-6-3/h31H,4-30H2,1-3H3. The third-order valence-corrected chi connectivity index (χ3v) is 7.56. The van der Waals surface area contributed by atoms with E-state index in [4.69, 9.17) is 4.74 Å². The zero-order valence-corrected chi connectivity index (χ0v) is 24.9. The summed E-state index contributed by atoms with van der Waals surface area (Å²) in [5.74, 6) is 0.691. The van der Waals surface area contributed by atoms with Crippen molar-refractivity contribution >= 4 is 11.8 Å². The normalized spacial score (nSPS) is 12.1. The van der Waals surface area contributed by atoms with Crippen molar-refractivity contribution < 1.29 is 14.3 Å². The molecule has 0 amide bonds. The minimum absolute atomic E-state index is 0.0640. The van der Waals surface area contributed by atoms with Crippen LogP contribution in [0.1, 0.15) is 188 Å². The van der Waals surface area contributed by atoms with Crippen LogP contribution in [0.2, 0.25) is 0 Å². The Kier molecular flexibility index (Phi) is 28.0. The molecule has 0 saturated carbocycles. The molecule has 36 heavy (non-hydrogen) atoms. The van der Waals surface area contributed by atoms with E-state index in [1.165, 1.54) is 116 Å². The van der Waals surface area contributed by atoms with Crippen LogP contribution in [0.3, 0.4) is 0 Å². The van der Waals surface area contributed by atoms with E-state index in [1.54, 1.807) is 0 Å². The van der Waals surface area contributed by atoms with Crippen LogP contribution in [0.4, 0.5) is 0 Å². The van der Waals surface area contributed by atoms with Crippen molar-refractivity contribution in [2.75, 3.05) is 6.61 Å². The van der Waals surface area contributed by atoms with Crippen molar-refractivity contribution in [1.29, 1.82) is 0 Å². The third kappa shape index (κ3) is 26.2. The van der Waals surface area contributed by atoms with Gasteiger partial charge in [0.2, 0.25) is 0 Å². The maximum absolute atomic E-state index is 12.6. The van der Waals surface area contributed by atoms with Gasteiger partial charge in [-0.2, -0.15) is 0 Å². The lowest BCUT2D eigenvalue weighted by Crippen LogP contribution is -2.13. The van der Waals surface area contributed by atoms with Gasteiger partial charge in [0.05, 0.1) is 6.61 Å². The first-order chi connectivity index (χ1) is 17.6. The van der Waals surface area contributed by atoms with Gasteiger partial charge >= 0.3 is 5.97 Å². The fourth-order valence-electron chi connectivity index (χ4n) is 5.08. The second-order valence-corrected chi connectivity index (χ2v) is 11.3. The predicted molar refractivity (Wildman–Crippen MR) is 157 cm³/mol. The Labute approximate surface area is 226 Å². The van der Waals surface area contributed by atoms with E-state index in [0.29, 0.717) is 31.1 Å². The number of hydrogen-bond donors (Lipinski definition) is 0. The molecular weight excluding hydrogens is 444 g/mol. The first kappa shape index (κ1) is 35.1. The van der Waals surface area contributed by atoms with Crippen LogP contribution in [0.15, 0.2) is 0 Å². The molecule has 0 N–H and O–H groups in total. The van der Waals surface area contributed by atoms with E-state index >= 15 is 0 Å². The first-order valence-corrected chi connectivity index (χ1v) is 16.3. The van der Waals surface area contributed by atoms with Gasteiger partial charge in [0.25, 0.3) is 0 Å². The van der Waals surface area contributed by atoms with Crippen molar-refractivity contribution in [3.8, 4) is 0 Å². The number of Topliss-reactive ketones (excluding diaryl/α,β-unsaturated/α-hetero) is 1. The summed E-state index contributed by atoms with van der Waals surface area (Å²) < 4.78 is 5.52. The van der Waals surface area contributed by atoms with Gasteiger partial charge in [0, 0.05) is 19.3 Å². The van der Waals surface area contributed by atoms with E-state index in [0.717, 1.165) is 38.5 Å². The Morgan fingerprint density at radius 1 is 0.500 bits per heavy atom. The Bertz CT molecular complexity index is 474. The summed E-state index contributed by atoms with van der Waals surface area (Å²) in [6.45, 7) is 7.30. The molecule has 0 heterocycles. The Balaban J connectivity index is 4.04. The summed E-state index contributed by atoms with van der Waals surface area (Å²) in [5.41, 5.74) is 0. The maximum atomic E-state index is 12.6. The molecule has 1 unspecified atom stereocenters. The highest BCUT2D eigenvalue weighted by atomic mass is 16.5. The first-order valence-electron chi connectivity index (χ1n) is 16.3. The maximum Gasteiger partial charge on any atom is 0.305 e. The zero-order chi connectivity index (χ0) is 26.5. The van der Waals surface area contributed by atoms with E-state index in [9.17, 15) is 9.59 Å². The Morgan fingerprint density at radius 3 is 1.47 bits per heavy atom. The van der Waals surface area contributed by atoms with Crippen molar-refractivity contribution in [2.45, 2.75) is 188 Å². The van der Waals surface area contributed by atoms with Crippen LogP contribution in [0, 0.1) is 5.92 Å². The minimum atomic E-state index is -0.0640. The van der Waals surface area contributed by atoms with E-state index < -0.39 is 0 Å². The molecular formula is C33H64O3. The van der Waals surface area contributed by atoms with Gasteiger partial charge in [-0.15, -0.1) is 0 Å². The number of esters is 1. The van der Waals surface area contributed by atoms with E-state index in [2.05, 4.69) is 20.8 Å². The zero-order valence-electron chi connectivity index (χ0n) is 24.9. The molecule has 0 saturated heterocycles. The lowest BCUT2D eigenvalue weighted by molar-refractivity contribution is -0.144. The van der Waals surface area contributed by atoms with E-state index in [-0.39, 0.29) is 5.97 Å². The molecule has 0 aromatic heterocycles. The Hall–Kier alpha value is -0.860. The Morgan fingerprint density at radius 2 is 0.944 bits per heavy atom. The largest absolute Gasteiger partial charge is 0.466 e. The number of rotatable bonds is 29. The topological polar surface area (TPSA) is 43.4 Å². The molecule has 0 aliphatic heterocycles. The third-order valence-electron chi connectivity index (χ3n) is 7.56. The molecule has 0 bridgehead atoms. The van der Waals surface area contributed by atoms with E-state index in [1.807, 2.05) is 0 Å². The van der Waals surface area contributed by atoms with Crippen molar-refractivity contribution in [2.24, 2.45) is 5.92 Å². The lowest BCUT2D eigenvalue weighted by Gasteiger charge is -2.16. The number of carbonyl (C=O) groups excluding carboxylic acids is 2. The van der Waals surface area contributed by atoms with Gasteiger partial charge in [-0.05, 0) is 25.2 Å². The van der Waals surface area contributed by atoms with Gasteiger partial charge < -0.3 is 4.74 Å². The summed E-state index contributed by atoms with van der Waals surface area (Å²) in [6, 6.07) is 0. The van der Waals surface area contributed by atoms with Gasteiger partial charge in [-0.25, -0.2) is 0 Å². The molecule has 0 aromatic rings. The number of ether oxygens (including phenoxy) is 1. The van der Waals surface area contributed by atoms with Crippen LogP contribution >= 0.6 is 0 Å². The highest BCUT2D eigenvalue weighted by molar-refractivity contribution is 5.78. The fraction of sp³-hybridized carbons (Fsp3) is 0.939. The van der Waals surface area contributed by atoms with Gasteiger partial charge in [-0.3, -0.25) is 9.59 Å². The summed E-state index contributed by atoms with van der Waals surface area (Å²) >= 11 is 0. The van der Waals surface area contributed by atoms with Crippen LogP contribution in [-0.4, -0.2) is 18.4 Å². The molecule has 0 radical (unpaired) electrons. The molecule has 3 nitrogen and oxygen atoms in total. The molecule has 0 rings (SSSR count). The highest BCUT2D eigenvalue weighted by Crippen LogP contribution is 2.22. The lowest BCUT2D eigenvalue weighted by atomic mass is 9.89.